The molecule has 0 spiro atoms. The van der Waals surface area contributed by atoms with Gasteiger partial charge in [-0.15, -0.1) is 0 Å². The van der Waals surface area contributed by atoms with Gasteiger partial charge < -0.3 is 5.73 Å². The number of sulfonamides is 1. The second kappa shape index (κ2) is 5.72. The van der Waals surface area contributed by atoms with Crippen molar-refractivity contribution in [3.63, 3.8) is 0 Å². The highest BCUT2D eigenvalue weighted by atomic mass is 79.9. The van der Waals surface area contributed by atoms with E-state index < -0.39 is 10.0 Å². The molecule has 0 bridgehead atoms. The van der Waals surface area contributed by atoms with Crippen LogP contribution < -0.4 is 5.73 Å². The number of halogens is 1. The Labute approximate surface area is 127 Å². The number of rotatable bonds is 5. The van der Waals surface area contributed by atoms with Crippen molar-refractivity contribution in [2.45, 2.75) is 37.1 Å². The minimum Gasteiger partial charge on any atom is -0.398 e. The van der Waals surface area contributed by atoms with Gasteiger partial charge in [-0.2, -0.15) is 9.57 Å². The van der Waals surface area contributed by atoms with Gasteiger partial charge in [-0.05, 0) is 53.4 Å². The van der Waals surface area contributed by atoms with E-state index in [1.54, 1.807) is 13.0 Å². The Morgan fingerprint density at radius 3 is 2.70 bits per heavy atom. The zero-order valence-corrected chi connectivity index (χ0v) is 13.5. The van der Waals surface area contributed by atoms with Crippen LogP contribution in [0.2, 0.25) is 0 Å². The number of nitrogens with zero attached hydrogens (tertiary/aromatic N) is 2. The number of hydrogen-bond donors (Lipinski definition) is 1. The third kappa shape index (κ3) is 2.97. The Balaban J connectivity index is 2.43. The second-order valence-corrected chi connectivity index (χ2v) is 7.61. The number of anilines is 1. The number of nitriles is 1. The Bertz CT molecular complexity index is 663. The van der Waals surface area contributed by atoms with Gasteiger partial charge >= 0.3 is 0 Å². The summed E-state index contributed by atoms with van der Waals surface area (Å²) in [5, 5.41) is 8.69. The molecule has 2 N–H and O–H groups in total. The molecule has 108 valence electrons. The summed E-state index contributed by atoms with van der Waals surface area (Å²) in [5.41, 5.74) is 6.84. The zero-order chi connectivity index (χ0) is 14.9. The quantitative estimate of drug-likeness (QED) is 0.819. The van der Waals surface area contributed by atoms with Crippen LogP contribution in [-0.4, -0.2) is 25.3 Å². The summed E-state index contributed by atoms with van der Waals surface area (Å²) in [5.74, 6) is 0. The van der Waals surface area contributed by atoms with Gasteiger partial charge in [0.25, 0.3) is 0 Å². The van der Waals surface area contributed by atoms with Gasteiger partial charge in [-0.3, -0.25) is 0 Å². The van der Waals surface area contributed by atoms with Crippen molar-refractivity contribution in [2.75, 3.05) is 12.3 Å². The van der Waals surface area contributed by atoms with E-state index in [2.05, 4.69) is 15.9 Å². The van der Waals surface area contributed by atoms with Crippen molar-refractivity contribution in [1.29, 1.82) is 5.26 Å². The molecule has 1 aromatic carbocycles. The molecule has 0 saturated heterocycles. The molecule has 1 aromatic rings. The van der Waals surface area contributed by atoms with Crippen molar-refractivity contribution in [2.24, 2.45) is 0 Å². The molecule has 2 rings (SSSR count). The third-order valence-corrected chi connectivity index (χ3v) is 6.06. The summed E-state index contributed by atoms with van der Waals surface area (Å²) in [6.45, 7) is 1.98. The maximum absolute atomic E-state index is 12.7. The van der Waals surface area contributed by atoms with Crippen molar-refractivity contribution < 1.29 is 8.42 Å². The first-order valence-electron chi connectivity index (χ1n) is 6.32. The normalized spacial score (nSPS) is 15.3. The van der Waals surface area contributed by atoms with Crippen molar-refractivity contribution >= 4 is 31.6 Å². The standard InChI is InChI=1S/C13H16BrN3O2S/c1-9-7-11(14)12(16)8-13(9)20(18,19)17(6-2-5-15)10-3-4-10/h7-8,10H,2-4,6,16H2,1H3. The lowest BCUT2D eigenvalue weighted by Gasteiger charge is -2.22. The first kappa shape index (κ1) is 15.3. The molecule has 0 radical (unpaired) electrons. The molecule has 7 heteroatoms. The second-order valence-electron chi connectivity index (χ2n) is 4.89. The molecule has 0 heterocycles. The van der Waals surface area contributed by atoms with Crippen LogP contribution in [0.1, 0.15) is 24.8 Å². The van der Waals surface area contributed by atoms with Crippen LogP contribution in [0.25, 0.3) is 0 Å². The van der Waals surface area contributed by atoms with E-state index >= 15 is 0 Å². The van der Waals surface area contributed by atoms with Crippen LogP contribution in [0.4, 0.5) is 5.69 Å². The smallest absolute Gasteiger partial charge is 0.243 e. The van der Waals surface area contributed by atoms with Gasteiger partial charge in [0.05, 0.1) is 11.0 Å². The van der Waals surface area contributed by atoms with Crippen molar-refractivity contribution in [3.05, 3.63) is 22.2 Å². The fourth-order valence-corrected chi connectivity index (χ4v) is 4.48. The number of benzene rings is 1. The highest BCUT2D eigenvalue weighted by Crippen LogP contribution is 2.35. The molecule has 20 heavy (non-hydrogen) atoms. The molecule has 1 aliphatic rings. The lowest BCUT2D eigenvalue weighted by atomic mass is 10.2. The summed E-state index contributed by atoms with van der Waals surface area (Å²) >= 11 is 3.29. The van der Waals surface area contributed by atoms with Gasteiger partial charge in [-0.25, -0.2) is 8.42 Å². The van der Waals surface area contributed by atoms with Crippen molar-refractivity contribution in [3.8, 4) is 6.07 Å². The van der Waals surface area contributed by atoms with E-state index in [-0.39, 0.29) is 23.9 Å². The highest BCUT2D eigenvalue weighted by Gasteiger charge is 2.38. The van der Waals surface area contributed by atoms with Crippen molar-refractivity contribution in [1.82, 2.24) is 4.31 Å². The molecule has 0 aromatic heterocycles. The van der Waals surface area contributed by atoms with Crippen LogP contribution in [0.15, 0.2) is 21.5 Å². The van der Waals surface area contributed by atoms with Crippen LogP contribution in [0, 0.1) is 18.3 Å². The van der Waals surface area contributed by atoms with E-state index in [1.807, 2.05) is 6.07 Å². The topological polar surface area (TPSA) is 87.2 Å². The minimum atomic E-state index is -3.60. The highest BCUT2D eigenvalue weighted by molar-refractivity contribution is 9.10. The number of nitrogen functional groups attached to an aromatic ring is 1. The lowest BCUT2D eigenvalue weighted by molar-refractivity contribution is 0.410. The first-order valence-corrected chi connectivity index (χ1v) is 8.55. The fourth-order valence-electron chi connectivity index (χ4n) is 2.09. The average Bonchev–Trinajstić information content (AvgIpc) is 3.18. The Morgan fingerprint density at radius 1 is 1.50 bits per heavy atom. The predicted molar refractivity (Wildman–Crippen MR) is 80.4 cm³/mol. The zero-order valence-electron chi connectivity index (χ0n) is 11.1. The predicted octanol–water partition coefficient (Wildman–Crippen LogP) is 2.41. The van der Waals surface area contributed by atoms with E-state index in [1.165, 1.54) is 10.4 Å². The monoisotopic (exact) mass is 357 g/mol. The van der Waals surface area contributed by atoms with E-state index in [9.17, 15) is 8.42 Å². The summed E-state index contributed by atoms with van der Waals surface area (Å²) in [6.07, 6.45) is 1.91. The first-order chi connectivity index (χ1) is 9.37. The van der Waals surface area contributed by atoms with Crippen LogP contribution in [0.3, 0.4) is 0 Å². The van der Waals surface area contributed by atoms with E-state index in [0.717, 1.165) is 12.8 Å². The van der Waals surface area contributed by atoms with E-state index in [0.29, 0.717) is 15.7 Å². The summed E-state index contributed by atoms with van der Waals surface area (Å²) in [4.78, 5) is 0.225. The number of nitrogens with two attached hydrogens (primary N) is 1. The maximum atomic E-state index is 12.7. The van der Waals surface area contributed by atoms with Gasteiger partial charge in [0.2, 0.25) is 10.0 Å². The Kier molecular flexibility index (Phi) is 4.37. The largest absolute Gasteiger partial charge is 0.398 e. The lowest BCUT2D eigenvalue weighted by Crippen LogP contribution is -2.34. The molecule has 1 aliphatic carbocycles. The molecular formula is C13H16BrN3O2S. The molecule has 0 unspecified atom stereocenters. The van der Waals surface area contributed by atoms with Gasteiger partial charge in [0.15, 0.2) is 0 Å². The third-order valence-electron chi connectivity index (χ3n) is 3.28. The molecule has 0 amide bonds. The maximum Gasteiger partial charge on any atom is 0.243 e. The Hall–Kier alpha value is -1.10. The molecule has 0 atom stereocenters. The minimum absolute atomic E-state index is 0.0256. The molecule has 1 saturated carbocycles. The van der Waals surface area contributed by atoms with Crippen LogP contribution >= 0.6 is 15.9 Å². The summed E-state index contributed by atoms with van der Waals surface area (Å²) < 4.78 is 27.6. The van der Waals surface area contributed by atoms with Gasteiger partial charge in [0.1, 0.15) is 0 Å². The van der Waals surface area contributed by atoms with Crippen LogP contribution in [-0.2, 0) is 10.0 Å². The van der Waals surface area contributed by atoms with Gasteiger partial charge in [0, 0.05) is 29.2 Å². The van der Waals surface area contributed by atoms with E-state index in [4.69, 9.17) is 11.0 Å². The average molecular weight is 358 g/mol. The van der Waals surface area contributed by atoms with Crippen LogP contribution in [0.5, 0.6) is 0 Å². The number of aryl methyl sites for hydroxylation is 1. The Morgan fingerprint density at radius 2 is 2.15 bits per heavy atom. The summed E-state index contributed by atoms with van der Waals surface area (Å²) in [7, 11) is -3.60. The SMILES string of the molecule is Cc1cc(Br)c(N)cc1S(=O)(=O)N(CCC#N)C1CC1. The van der Waals surface area contributed by atoms with Gasteiger partial charge in [-0.1, -0.05) is 0 Å². The molecule has 5 nitrogen and oxygen atoms in total. The molecule has 0 aliphatic heterocycles. The fraction of sp³-hybridized carbons (Fsp3) is 0.462. The number of hydrogen-bond acceptors (Lipinski definition) is 4. The molecule has 1 fully saturated rings. The molecular weight excluding hydrogens is 342 g/mol. The summed E-state index contributed by atoms with van der Waals surface area (Å²) in [6, 6.07) is 5.22.